The third kappa shape index (κ3) is 4.34. The maximum Gasteiger partial charge on any atom is 0.264 e. The number of carbonyl (C=O) groups excluding carboxylic acids is 1. The first-order valence-electron chi connectivity index (χ1n) is 9.64. The molecule has 0 unspecified atom stereocenters. The van der Waals surface area contributed by atoms with Gasteiger partial charge < -0.3 is 0 Å². The van der Waals surface area contributed by atoms with Gasteiger partial charge >= 0.3 is 0 Å². The number of hydrogen-bond donors (Lipinski definition) is 0. The summed E-state index contributed by atoms with van der Waals surface area (Å²) in [7, 11) is -3.73. The van der Waals surface area contributed by atoms with Crippen molar-refractivity contribution in [3.05, 3.63) is 80.6 Å². The summed E-state index contributed by atoms with van der Waals surface area (Å²) in [6.45, 7) is 0. The van der Waals surface area contributed by atoms with Crippen LogP contribution in [0.5, 0.6) is 0 Å². The number of benzene rings is 1. The number of aromatic nitrogens is 3. The molecule has 0 spiro atoms. The minimum absolute atomic E-state index is 0.0700. The van der Waals surface area contributed by atoms with Crippen molar-refractivity contribution in [1.29, 1.82) is 0 Å². The minimum Gasteiger partial charge on any atom is -0.298 e. The van der Waals surface area contributed by atoms with E-state index in [-0.39, 0.29) is 16.2 Å². The third-order valence-corrected chi connectivity index (χ3v) is 9.30. The van der Waals surface area contributed by atoms with Crippen LogP contribution in [-0.4, -0.2) is 34.5 Å². The topological polar surface area (TPSA) is 99.0 Å². The molecule has 0 saturated carbocycles. The number of nitrogens with zero attached hydrogens (tertiary/aromatic N) is 3. The average Bonchev–Trinajstić information content (AvgIpc) is 3.42. The fourth-order valence-electron chi connectivity index (χ4n) is 3.47. The number of fused-ring (bicyclic) bond motifs is 2. The molecule has 5 rings (SSSR count). The quantitative estimate of drug-likeness (QED) is 0.334. The molecule has 11 heteroatoms. The van der Waals surface area contributed by atoms with Crippen molar-refractivity contribution in [2.45, 2.75) is 10.6 Å². The van der Waals surface area contributed by atoms with Crippen LogP contribution in [0.3, 0.4) is 0 Å². The fourth-order valence-corrected chi connectivity index (χ4v) is 6.98. The van der Waals surface area contributed by atoms with E-state index in [1.54, 1.807) is 23.8 Å². The lowest BCUT2D eigenvalue weighted by molar-refractivity contribution is -0.116. The Morgan fingerprint density at radius 3 is 2.67 bits per heavy atom. The third-order valence-electron chi connectivity index (χ3n) is 5.02. The summed E-state index contributed by atoms with van der Waals surface area (Å²) in [6, 6.07) is 11.7. The number of thiazole rings is 1. The molecule has 5 aromatic rings. The van der Waals surface area contributed by atoms with Gasteiger partial charge in [-0.05, 0) is 47.3 Å². The van der Waals surface area contributed by atoms with Gasteiger partial charge in [0, 0.05) is 24.2 Å². The summed E-state index contributed by atoms with van der Waals surface area (Å²) in [5.41, 5.74) is 2.94. The molecular weight excluding hydrogens is 502 g/mol. The first-order valence-corrected chi connectivity index (χ1v) is 13.4. The Balaban J connectivity index is 1.36. The number of rotatable bonds is 6. The highest BCUT2D eigenvalue weighted by Crippen LogP contribution is 2.27. The fraction of sp³-hybridized carbons (Fsp3) is 0.0909. The van der Waals surface area contributed by atoms with Crippen molar-refractivity contribution in [1.82, 2.24) is 14.5 Å². The van der Waals surface area contributed by atoms with Crippen LogP contribution in [0.2, 0.25) is 4.34 Å². The van der Waals surface area contributed by atoms with Gasteiger partial charge in [0.1, 0.15) is 15.8 Å². The molecule has 0 N–H and O–H groups in total. The Hall–Kier alpha value is -2.92. The van der Waals surface area contributed by atoms with Crippen LogP contribution in [0.25, 0.3) is 26.8 Å². The number of ketones is 1. The van der Waals surface area contributed by atoms with E-state index < -0.39 is 21.4 Å². The Kier molecular flexibility index (Phi) is 5.61. The lowest BCUT2D eigenvalue weighted by atomic mass is 10.1. The molecule has 0 aliphatic rings. The Bertz CT molecular complexity index is 1690. The summed E-state index contributed by atoms with van der Waals surface area (Å²) >= 11 is 8.19. The second-order valence-corrected chi connectivity index (χ2v) is 12.1. The van der Waals surface area contributed by atoms with Gasteiger partial charge in [0.25, 0.3) is 5.56 Å². The number of carbonyl (C=O) groups is 1. The highest BCUT2D eigenvalue weighted by molar-refractivity contribution is 7.94. The zero-order chi connectivity index (χ0) is 23.2. The summed E-state index contributed by atoms with van der Waals surface area (Å²) in [5.74, 6) is -0.657. The maximum absolute atomic E-state index is 13.0. The molecule has 0 fully saturated rings. The number of pyridine rings is 2. The molecule has 0 bridgehead atoms. The molecule has 166 valence electrons. The first-order chi connectivity index (χ1) is 15.8. The van der Waals surface area contributed by atoms with E-state index in [0.29, 0.717) is 21.1 Å². The van der Waals surface area contributed by atoms with Crippen LogP contribution >= 0.6 is 34.3 Å². The van der Waals surface area contributed by atoms with Crippen LogP contribution < -0.4 is 5.56 Å². The molecule has 1 aromatic carbocycles. The van der Waals surface area contributed by atoms with Crippen molar-refractivity contribution >= 4 is 70.9 Å². The second-order valence-electron chi connectivity index (χ2n) is 7.31. The molecule has 0 saturated heterocycles. The van der Waals surface area contributed by atoms with E-state index in [1.165, 1.54) is 34.2 Å². The Labute approximate surface area is 200 Å². The van der Waals surface area contributed by atoms with Crippen molar-refractivity contribution < 1.29 is 13.2 Å². The monoisotopic (exact) mass is 515 g/mol. The molecule has 0 aliphatic heterocycles. The SMILES string of the molecule is O=C(Cc1ccc(-n2ccc3cc4ncsc4cc3c2=O)nc1)CS(=O)(=O)c1ccc(Cl)s1. The summed E-state index contributed by atoms with van der Waals surface area (Å²) in [5, 5.41) is 1.36. The van der Waals surface area contributed by atoms with E-state index in [9.17, 15) is 18.0 Å². The smallest absolute Gasteiger partial charge is 0.264 e. The van der Waals surface area contributed by atoms with E-state index in [1.807, 2.05) is 18.2 Å². The normalized spacial score (nSPS) is 11.9. The van der Waals surface area contributed by atoms with Gasteiger partial charge in [0.2, 0.25) is 0 Å². The highest BCUT2D eigenvalue weighted by atomic mass is 35.5. The van der Waals surface area contributed by atoms with Gasteiger partial charge in [-0.3, -0.25) is 14.2 Å². The summed E-state index contributed by atoms with van der Waals surface area (Å²) in [6.07, 6.45) is 3.04. The number of halogens is 1. The standard InChI is InChI=1S/C22H14ClN3O4S3/c23-19-2-4-21(32-19)33(29,30)11-15(27)7-13-1-3-20(24-10-13)26-6-5-14-8-17-18(31-12-25-17)9-16(14)22(26)28/h1-6,8-10,12H,7,11H2. The molecule has 4 aromatic heterocycles. The van der Waals surface area contributed by atoms with Crippen LogP contribution in [0, 0.1) is 0 Å². The van der Waals surface area contributed by atoms with Crippen LogP contribution in [0.1, 0.15) is 5.56 Å². The molecule has 0 aliphatic carbocycles. The molecule has 0 atom stereocenters. The molecule has 4 heterocycles. The van der Waals surface area contributed by atoms with Gasteiger partial charge in [-0.25, -0.2) is 18.4 Å². The molecule has 7 nitrogen and oxygen atoms in total. The van der Waals surface area contributed by atoms with E-state index in [0.717, 1.165) is 26.9 Å². The van der Waals surface area contributed by atoms with Gasteiger partial charge in [-0.1, -0.05) is 17.7 Å². The van der Waals surface area contributed by atoms with Crippen LogP contribution in [0.15, 0.2) is 69.4 Å². The molecule has 33 heavy (non-hydrogen) atoms. The average molecular weight is 516 g/mol. The van der Waals surface area contributed by atoms with Gasteiger partial charge in [-0.2, -0.15) is 0 Å². The van der Waals surface area contributed by atoms with E-state index in [4.69, 9.17) is 11.6 Å². The van der Waals surface area contributed by atoms with E-state index in [2.05, 4.69) is 9.97 Å². The van der Waals surface area contributed by atoms with Crippen LogP contribution in [0.4, 0.5) is 0 Å². The second kappa shape index (κ2) is 8.45. The first kappa shape index (κ1) is 21.9. The molecule has 0 radical (unpaired) electrons. The summed E-state index contributed by atoms with van der Waals surface area (Å²) < 4.78 is 27.5. The highest BCUT2D eigenvalue weighted by Gasteiger charge is 2.21. The van der Waals surface area contributed by atoms with Gasteiger partial charge in [-0.15, -0.1) is 22.7 Å². The van der Waals surface area contributed by atoms with Gasteiger partial charge in [0.15, 0.2) is 15.6 Å². The van der Waals surface area contributed by atoms with Crippen LogP contribution in [-0.2, 0) is 21.1 Å². The summed E-state index contributed by atoms with van der Waals surface area (Å²) in [4.78, 5) is 34.0. The zero-order valence-electron chi connectivity index (χ0n) is 16.8. The molecule has 0 amide bonds. The molecular formula is C22H14ClN3O4S3. The van der Waals surface area contributed by atoms with Crippen molar-refractivity contribution in [3.63, 3.8) is 0 Å². The predicted octanol–water partition coefficient (Wildman–Crippen LogP) is 4.30. The number of Topliss-reactive ketones (excluding diaryl/α,β-unsaturated/α-hetero) is 1. The van der Waals surface area contributed by atoms with Crippen molar-refractivity contribution in [2.24, 2.45) is 0 Å². The van der Waals surface area contributed by atoms with Crippen molar-refractivity contribution in [2.75, 3.05) is 5.75 Å². The number of sulfone groups is 1. The lowest BCUT2D eigenvalue weighted by Gasteiger charge is -2.08. The maximum atomic E-state index is 13.0. The largest absolute Gasteiger partial charge is 0.298 e. The van der Waals surface area contributed by atoms with Gasteiger partial charge in [0.05, 0.1) is 20.1 Å². The Morgan fingerprint density at radius 2 is 1.94 bits per heavy atom. The number of hydrogen-bond acceptors (Lipinski definition) is 8. The Morgan fingerprint density at radius 1 is 1.09 bits per heavy atom. The minimum atomic E-state index is -3.73. The predicted molar refractivity (Wildman–Crippen MR) is 131 cm³/mol. The number of thiophene rings is 1. The van der Waals surface area contributed by atoms with E-state index >= 15 is 0 Å². The zero-order valence-corrected chi connectivity index (χ0v) is 20.0. The van der Waals surface area contributed by atoms with Crippen molar-refractivity contribution in [3.8, 4) is 5.82 Å². The lowest BCUT2D eigenvalue weighted by Crippen LogP contribution is -2.19.